The second-order valence-electron chi connectivity index (χ2n) is 11.9. The molecule has 0 atom stereocenters. The van der Waals surface area contributed by atoms with Crippen LogP contribution in [0.2, 0.25) is 0 Å². The van der Waals surface area contributed by atoms with Gasteiger partial charge in [0.2, 0.25) is 5.95 Å². The first-order valence-electron chi connectivity index (χ1n) is 14.8. The van der Waals surface area contributed by atoms with E-state index in [9.17, 15) is 4.57 Å². The number of ether oxygens (including phenoxy) is 1. The fraction of sp³-hybridized carbons (Fsp3) is 0.406. The lowest BCUT2D eigenvalue weighted by molar-refractivity contribution is 0.312. The molecule has 1 aliphatic heterocycles. The maximum absolute atomic E-state index is 13.6. The quantitative estimate of drug-likeness (QED) is 0.189. The van der Waals surface area contributed by atoms with E-state index in [4.69, 9.17) is 14.7 Å². The molecule has 11 heteroatoms. The van der Waals surface area contributed by atoms with Gasteiger partial charge in [-0.1, -0.05) is 13.0 Å². The van der Waals surface area contributed by atoms with Crippen LogP contribution in [0.15, 0.2) is 47.1 Å². The van der Waals surface area contributed by atoms with Crippen molar-refractivity contribution in [2.45, 2.75) is 32.1 Å². The fourth-order valence-electron chi connectivity index (χ4n) is 5.76. The lowest BCUT2D eigenvalue weighted by atomic mass is 10.1. The van der Waals surface area contributed by atoms with E-state index in [0.29, 0.717) is 22.2 Å². The van der Waals surface area contributed by atoms with E-state index >= 15 is 0 Å². The molecule has 2 aromatic heterocycles. The number of nitrogens with zero attached hydrogens (tertiary/aromatic N) is 5. The molecule has 43 heavy (non-hydrogen) atoms. The van der Waals surface area contributed by atoms with Crippen molar-refractivity contribution in [3.05, 3.63) is 58.3 Å². The zero-order valence-corrected chi connectivity index (χ0v) is 27.9. The van der Waals surface area contributed by atoms with Gasteiger partial charge in [-0.15, -0.1) is 0 Å². The van der Waals surface area contributed by atoms with Gasteiger partial charge in [0.25, 0.3) is 0 Å². The van der Waals surface area contributed by atoms with Crippen molar-refractivity contribution in [3.63, 3.8) is 0 Å². The molecular weight excluding hydrogens is 625 g/mol. The summed E-state index contributed by atoms with van der Waals surface area (Å²) in [5.41, 5.74) is 5.99. The molecule has 2 aliphatic rings. The Balaban J connectivity index is 1.31. The van der Waals surface area contributed by atoms with Gasteiger partial charge in [0.1, 0.15) is 18.7 Å². The number of aryl methyl sites for hydroxylation is 1. The predicted octanol–water partition coefficient (Wildman–Crippen LogP) is 6.72. The van der Waals surface area contributed by atoms with Crippen LogP contribution in [0.1, 0.15) is 36.9 Å². The zero-order chi connectivity index (χ0) is 30.3. The van der Waals surface area contributed by atoms with Crippen molar-refractivity contribution < 1.29 is 9.30 Å². The first kappa shape index (κ1) is 29.9. The lowest BCUT2D eigenvalue weighted by Gasteiger charge is -2.35. The van der Waals surface area contributed by atoms with Crippen LogP contribution in [0.3, 0.4) is 0 Å². The Morgan fingerprint density at radius 2 is 1.79 bits per heavy atom. The standard InChI is InChI=1S/C32H39BrN7O2P/c1-6-20-17-27(29(42-3)18-28(20)40-15-13-39(2)14-16-40)37-32-34-19-23(33)31(38-32)36-26-12-11-25-22(30(26)43(4,5)41)9-10-24(35-25)21-7-8-21/h9-12,17-19,21H,6-8,13-16H2,1-5H3,(H2,34,36,37,38). The van der Waals surface area contributed by atoms with Gasteiger partial charge in [0.15, 0.2) is 0 Å². The molecule has 3 heterocycles. The van der Waals surface area contributed by atoms with Crippen LogP contribution in [0.25, 0.3) is 10.9 Å². The van der Waals surface area contributed by atoms with Crippen molar-refractivity contribution in [3.8, 4) is 5.75 Å². The zero-order valence-electron chi connectivity index (χ0n) is 25.4. The van der Waals surface area contributed by atoms with Gasteiger partial charge in [0, 0.05) is 66.4 Å². The molecule has 0 unspecified atom stereocenters. The number of aromatic nitrogens is 3. The van der Waals surface area contributed by atoms with Crippen molar-refractivity contribution in [1.82, 2.24) is 19.9 Å². The summed E-state index contributed by atoms with van der Waals surface area (Å²) < 4.78 is 20.1. The summed E-state index contributed by atoms with van der Waals surface area (Å²) >= 11 is 3.61. The molecule has 0 radical (unpaired) electrons. The van der Waals surface area contributed by atoms with E-state index in [1.54, 1.807) is 26.6 Å². The Hall–Kier alpha value is -3.20. The Bertz CT molecular complexity index is 1710. The first-order valence-corrected chi connectivity index (χ1v) is 18.2. The minimum Gasteiger partial charge on any atom is -0.494 e. The molecule has 1 aliphatic carbocycles. The van der Waals surface area contributed by atoms with Crippen LogP contribution in [-0.2, 0) is 11.0 Å². The van der Waals surface area contributed by atoms with Crippen LogP contribution in [0, 0.1) is 0 Å². The minimum absolute atomic E-state index is 0.424. The highest BCUT2D eigenvalue weighted by molar-refractivity contribution is 9.10. The van der Waals surface area contributed by atoms with Crippen LogP contribution >= 0.6 is 23.1 Å². The predicted molar refractivity (Wildman–Crippen MR) is 181 cm³/mol. The van der Waals surface area contributed by atoms with E-state index in [2.05, 4.69) is 79.6 Å². The number of methoxy groups -OCH3 is 1. The molecule has 1 saturated carbocycles. The number of piperazine rings is 1. The summed E-state index contributed by atoms with van der Waals surface area (Å²) in [6.45, 7) is 9.82. The van der Waals surface area contributed by atoms with Gasteiger partial charge >= 0.3 is 0 Å². The number of benzene rings is 2. The molecule has 0 bridgehead atoms. The number of rotatable bonds is 9. The van der Waals surface area contributed by atoms with Crippen molar-refractivity contribution in [2.75, 3.05) is 69.2 Å². The average molecular weight is 665 g/mol. The number of nitrogens with one attached hydrogen (secondary N) is 2. The molecular formula is C32H39BrN7O2P. The summed E-state index contributed by atoms with van der Waals surface area (Å²) in [6.07, 6.45) is 4.99. The van der Waals surface area contributed by atoms with E-state index in [1.807, 2.05) is 12.1 Å². The molecule has 0 amide bonds. The van der Waals surface area contributed by atoms with Gasteiger partial charge in [-0.25, -0.2) is 4.98 Å². The highest BCUT2D eigenvalue weighted by atomic mass is 79.9. The number of anilines is 5. The molecule has 9 nitrogen and oxygen atoms in total. The monoisotopic (exact) mass is 663 g/mol. The molecule has 2 N–H and O–H groups in total. The number of hydrogen-bond donors (Lipinski definition) is 2. The van der Waals surface area contributed by atoms with Crippen molar-refractivity contribution in [1.29, 1.82) is 0 Å². The second kappa shape index (κ2) is 12.1. The van der Waals surface area contributed by atoms with Crippen LogP contribution in [0.5, 0.6) is 5.75 Å². The van der Waals surface area contributed by atoms with Gasteiger partial charge in [-0.05, 0) is 85.4 Å². The third-order valence-corrected chi connectivity index (χ3v) is 10.4. The Labute approximate surface area is 262 Å². The molecule has 0 spiro atoms. The number of halogens is 1. The largest absolute Gasteiger partial charge is 0.494 e. The summed E-state index contributed by atoms with van der Waals surface area (Å²) in [5, 5.41) is 8.51. The lowest BCUT2D eigenvalue weighted by Crippen LogP contribution is -2.44. The third-order valence-electron chi connectivity index (χ3n) is 8.27. The smallest absolute Gasteiger partial charge is 0.229 e. The normalized spacial score (nSPS) is 16.0. The highest BCUT2D eigenvalue weighted by Crippen LogP contribution is 2.44. The average Bonchev–Trinajstić information content (AvgIpc) is 3.84. The van der Waals surface area contributed by atoms with Gasteiger partial charge in [-0.3, -0.25) is 4.98 Å². The Morgan fingerprint density at radius 1 is 1.02 bits per heavy atom. The molecule has 4 aromatic rings. The summed E-state index contributed by atoms with van der Waals surface area (Å²) in [6, 6.07) is 12.4. The maximum Gasteiger partial charge on any atom is 0.229 e. The summed E-state index contributed by atoms with van der Waals surface area (Å²) in [4.78, 5) is 19.0. The van der Waals surface area contributed by atoms with E-state index in [0.717, 1.165) is 71.6 Å². The molecule has 2 aromatic carbocycles. The second-order valence-corrected chi connectivity index (χ2v) is 15.9. The molecule has 226 valence electrons. The number of fused-ring (bicyclic) bond motifs is 1. The van der Waals surface area contributed by atoms with Crippen LogP contribution < -0.4 is 25.6 Å². The van der Waals surface area contributed by atoms with Gasteiger partial charge < -0.3 is 29.7 Å². The molecule has 6 rings (SSSR count). The number of likely N-dealkylation sites (N-methyl/N-ethyl adjacent to an activating group) is 1. The van der Waals surface area contributed by atoms with Crippen LogP contribution in [0.4, 0.5) is 28.8 Å². The number of pyridine rings is 1. The maximum atomic E-state index is 13.6. The van der Waals surface area contributed by atoms with Gasteiger partial charge in [0.05, 0.1) is 28.5 Å². The van der Waals surface area contributed by atoms with Crippen LogP contribution in [-0.4, -0.2) is 73.5 Å². The molecule has 2 fully saturated rings. The minimum atomic E-state index is -2.68. The summed E-state index contributed by atoms with van der Waals surface area (Å²) in [5.74, 6) is 2.28. The SMILES string of the molecule is CCc1cc(Nc2ncc(Br)c(Nc3ccc4nc(C5CC5)ccc4c3P(C)(C)=O)n2)c(OC)cc1N1CCN(C)CC1. The first-order chi connectivity index (χ1) is 20.6. The Morgan fingerprint density at radius 3 is 2.47 bits per heavy atom. The fourth-order valence-corrected chi connectivity index (χ4v) is 7.53. The van der Waals surface area contributed by atoms with E-state index in [1.165, 1.54) is 24.1 Å². The highest BCUT2D eigenvalue weighted by Gasteiger charge is 2.27. The summed E-state index contributed by atoms with van der Waals surface area (Å²) in [7, 11) is 1.17. The molecule has 1 saturated heterocycles. The third kappa shape index (κ3) is 6.37. The van der Waals surface area contributed by atoms with E-state index in [-0.39, 0.29) is 0 Å². The Kier molecular flexibility index (Phi) is 8.37. The van der Waals surface area contributed by atoms with Gasteiger partial charge in [-0.2, -0.15) is 4.98 Å². The topological polar surface area (TPSA) is 95.5 Å². The van der Waals surface area contributed by atoms with E-state index < -0.39 is 7.14 Å². The van der Waals surface area contributed by atoms with Crippen molar-refractivity contribution in [2.24, 2.45) is 0 Å². The van der Waals surface area contributed by atoms with Crippen molar-refractivity contribution >= 4 is 68.1 Å². The number of hydrogen-bond acceptors (Lipinski definition) is 9.